The number of benzene rings is 1. The topological polar surface area (TPSA) is 46.9 Å². The summed E-state index contributed by atoms with van der Waals surface area (Å²) in [6.45, 7) is 5.66. The monoisotopic (exact) mass is 299 g/mol. The Kier molecular flexibility index (Phi) is 6.19. The van der Waals surface area contributed by atoms with E-state index in [9.17, 15) is 4.79 Å². The van der Waals surface area contributed by atoms with E-state index in [0.717, 1.165) is 37.9 Å². The van der Waals surface area contributed by atoms with Crippen LogP contribution < -0.4 is 5.32 Å². The van der Waals surface area contributed by atoms with Gasteiger partial charge < -0.3 is 5.32 Å². The number of nitrogens with zero attached hydrogens (tertiary/aromatic N) is 2. The van der Waals surface area contributed by atoms with Crippen molar-refractivity contribution in [2.24, 2.45) is 0 Å². The molecule has 1 aromatic heterocycles. The first-order valence-electron chi connectivity index (χ1n) is 8.13. The smallest absolute Gasteiger partial charge is 0.254 e. The lowest BCUT2D eigenvalue weighted by Gasteiger charge is -2.08. The average Bonchev–Trinajstić information content (AvgIpc) is 2.95. The first kappa shape index (κ1) is 16.3. The zero-order chi connectivity index (χ0) is 15.8. The molecule has 0 unspecified atom stereocenters. The summed E-state index contributed by atoms with van der Waals surface area (Å²) in [6, 6.07) is 10.2. The Hall–Kier alpha value is -2.10. The predicted molar refractivity (Wildman–Crippen MR) is 89.0 cm³/mol. The maximum Gasteiger partial charge on any atom is 0.254 e. The van der Waals surface area contributed by atoms with E-state index < -0.39 is 0 Å². The highest BCUT2D eigenvalue weighted by Gasteiger charge is 2.15. The van der Waals surface area contributed by atoms with Gasteiger partial charge in [0.05, 0.1) is 24.0 Å². The van der Waals surface area contributed by atoms with Crippen molar-refractivity contribution in [2.75, 3.05) is 6.54 Å². The standard InChI is InChI=1S/C18H25N3O/c1-3-5-9-12-19-18(22)16-13-20-21(17(16)4-2)14-15-10-7-6-8-11-15/h6-8,10-11,13H,3-5,9,12,14H2,1-2H3,(H,19,22). The van der Waals surface area contributed by atoms with Gasteiger partial charge in [0, 0.05) is 6.54 Å². The van der Waals surface area contributed by atoms with Crippen LogP contribution in [0.15, 0.2) is 36.5 Å². The second-order valence-electron chi connectivity index (χ2n) is 5.46. The second-order valence-corrected chi connectivity index (χ2v) is 5.46. The molecule has 1 aromatic carbocycles. The minimum absolute atomic E-state index is 0.00716. The van der Waals surface area contributed by atoms with Gasteiger partial charge in [-0.15, -0.1) is 0 Å². The van der Waals surface area contributed by atoms with Gasteiger partial charge in [-0.05, 0) is 18.4 Å². The van der Waals surface area contributed by atoms with Gasteiger partial charge in [0.25, 0.3) is 5.91 Å². The molecule has 4 heteroatoms. The third-order valence-electron chi connectivity index (χ3n) is 3.77. The van der Waals surface area contributed by atoms with Gasteiger partial charge in [-0.25, -0.2) is 0 Å². The number of hydrogen-bond acceptors (Lipinski definition) is 2. The summed E-state index contributed by atoms with van der Waals surface area (Å²) >= 11 is 0. The fraction of sp³-hybridized carbons (Fsp3) is 0.444. The van der Waals surface area contributed by atoms with E-state index in [2.05, 4.69) is 36.4 Å². The molecule has 0 aliphatic rings. The maximum absolute atomic E-state index is 12.3. The molecular formula is C18H25N3O. The molecule has 0 spiro atoms. The van der Waals surface area contributed by atoms with Crippen molar-refractivity contribution in [3.05, 3.63) is 53.3 Å². The highest BCUT2D eigenvalue weighted by molar-refractivity contribution is 5.95. The van der Waals surface area contributed by atoms with Gasteiger partial charge >= 0.3 is 0 Å². The van der Waals surface area contributed by atoms with Gasteiger partial charge in [0.1, 0.15) is 0 Å². The molecule has 2 aromatic rings. The number of aromatic nitrogens is 2. The van der Waals surface area contributed by atoms with Gasteiger partial charge in [-0.3, -0.25) is 9.48 Å². The summed E-state index contributed by atoms with van der Waals surface area (Å²) < 4.78 is 1.93. The molecule has 0 atom stereocenters. The third kappa shape index (κ3) is 4.20. The molecule has 1 amide bonds. The molecule has 22 heavy (non-hydrogen) atoms. The van der Waals surface area contributed by atoms with E-state index in [0.29, 0.717) is 12.1 Å². The van der Waals surface area contributed by atoms with E-state index in [-0.39, 0.29) is 5.91 Å². The molecule has 2 rings (SSSR count). The van der Waals surface area contributed by atoms with Gasteiger partial charge in [0.2, 0.25) is 0 Å². The first-order chi connectivity index (χ1) is 10.8. The van der Waals surface area contributed by atoms with Crippen LogP contribution in [0.25, 0.3) is 0 Å². The lowest BCUT2D eigenvalue weighted by molar-refractivity contribution is 0.0952. The van der Waals surface area contributed by atoms with E-state index in [1.54, 1.807) is 6.20 Å². The molecule has 0 fully saturated rings. The number of rotatable bonds is 8. The van der Waals surface area contributed by atoms with Crippen LogP contribution in [0.3, 0.4) is 0 Å². The van der Waals surface area contributed by atoms with Crippen molar-refractivity contribution in [1.82, 2.24) is 15.1 Å². The summed E-state index contributed by atoms with van der Waals surface area (Å²) in [4.78, 5) is 12.3. The molecule has 0 saturated heterocycles. The molecule has 0 aliphatic heterocycles. The second kappa shape index (κ2) is 8.37. The number of unbranched alkanes of at least 4 members (excludes halogenated alkanes) is 2. The number of amides is 1. The Morgan fingerprint density at radius 3 is 2.64 bits per heavy atom. The molecule has 0 aliphatic carbocycles. The van der Waals surface area contributed by atoms with Crippen LogP contribution in [-0.2, 0) is 13.0 Å². The van der Waals surface area contributed by atoms with Crippen molar-refractivity contribution >= 4 is 5.91 Å². The molecule has 0 bridgehead atoms. The van der Waals surface area contributed by atoms with Crippen molar-refractivity contribution < 1.29 is 4.79 Å². The van der Waals surface area contributed by atoms with E-state index in [1.165, 1.54) is 5.56 Å². The van der Waals surface area contributed by atoms with Crippen molar-refractivity contribution in [2.45, 2.75) is 46.1 Å². The van der Waals surface area contributed by atoms with Crippen molar-refractivity contribution in [1.29, 1.82) is 0 Å². The molecule has 0 saturated carbocycles. The Labute approximate surface area is 132 Å². The highest BCUT2D eigenvalue weighted by Crippen LogP contribution is 2.12. The largest absolute Gasteiger partial charge is 0.352 e. The fourth-order valence-electron chi connectivity index (χ4n) is 2.54. The average molecular weight is 299 g/mol. The van der Waals surface area contributed by atoms with Crippen LogP contribution in [0.4, 0.5) is 0 Å². The number of hydrogen-bond donors (Lipinski definition) is 1. The Morgan fingerprint density at radius 2 is 1.95 bits per heavy atom. The van der Waals surface area contributed by atoms with Crippen LogP contribution in [0.2, 0.25) is 0 Å². The fourth-order valence-corrected chi connectivity index (χ4v) is 2.54. The van der Waals surface area contributed by atoms with E-state index in [1.807, 2.05) is 22.9 Å². The number of nitrogens with one attached hydrogen (secondary N) is 1. The van der Waals surface area contributed by atoms with Crippen LogP contribution >= 0.6 is 0 Å². The van der Waals surface area contributed by atoms with Crippen LogP contribution in [0.5, 0.6) is 0 Å². The number of carbonyl (C=O) groups excluding carboxylic acids is 1. The summed E-state index contributed by atoms with van der Waals surface area (Å²) in [6.07, 6.45) is 5.82. The Morgan fingerprint density at radius 1 is 1.18 bits per heavy atom. The lowest BCUT2D eigenvalue weighted by Crippen LogP contribution is -2.25. The van der Waals surface area contributed by atoms with Crippen LogP contribution in [0, 0.1) is 0 Å². The normalized spacial score (nSPS) is 10.6. The molecule has 1 N–H and O–H groups in total. The molecule has 118 valence electrons. The molecule has 1 heterocycles. The SMILES string of the molecule is CCCCCNC(=O)c1cnn(Cc2ccccc2)c1CC. The Bertz CT molecular complexity index is 590. The van der Waals surface area contributed by atoms with Crippen LogP contribution in [-0.4, -0.2) is 22.2 Å². The van der Waals surface area contributed by atoms with Gasteiger partial charge in [-0.1, -0.05) is 57.0 Å². The Balaban J connectivity index is 2.05. The van der Waals surface area contributed by atoms with Crippen molar-refractivity contribution in [3.63, 3.8) is 0 Å². The summed E-state index contributed by atoms with van der Waals surface area (Å²) in [5.74, 6) is -0.00716. The maximum atomic E-state index is 12.3. The lowest BCUT2D eigenvalue weighted by atomic mass is 10.1. The predicted octanol–water partition coefficient (Wildman–Crippen LogP) is 3.41. The highest BCUT2D eigenvalue weighted by atomic mass is 16.1. The quantitative estimate of drug-likeness (QED) is 0.759. The third-order valence-corrected chi connectivity index (χ3v) is 3.77. The summed E-state index contributed by atoms with van der Waals surface area (Å²) in [5, 5.41) is 7.40. The zero-order valence-corrected chi connectivity index (χ0v) is 13.5. The van der Waals surface area contributed by atoms with Crippen molar-refractivity contribution in [3.8, 4) is 0 Å². The van der Waals surface area contributed by atoms with Gasteiger partial charge in [-0.2, -0.15) is 5.10 Å². The number of carbonyl (C=O) groups is 1. The molecule has 4 nitrogen and oxygen atoms in total. The minimum Gasteiger partial charge on any atom is -0.352 e. The molecular weight excluding hydrogens is 274 g/mol. The van der Waals surface area contributed by atoms with Gasteiger partial charge in [0.15, 0.2) is 0 Å². The minimum atomic E-state index is -0.00716. The molecule has 0 radical (unpaired) electrons. The first-order valence-corrected chi connectivity index (χ1v) is 8.13. The van der Waals surface area contributed by atoms with E-state index >= 15 is 0 Å². The van der Waals surface area contributed by atoms with Crippen LogP contribution in [0.1, 0.15) is 54.7 Å². The summed E-state index contributed by atoms with van der Waals surface area (Å²) in [7, 11) is 0. The van der Waals surface area contributed by atoms with E-state index in [4.69, 9.17) is 0 Å². The summed E-state index contributed by atoms with van der Waals surface area (Å²) in [5.41, 5.74) is 2.89. The zero-order valence-electron chi connectivity index (χ0n) is 13.5.